The van der Waals surface area contributed by atoms with Crippen molar-refractivity contribution in [1.29, 1.82) is 0 Å². The minimum absolute atomic E-state index is 0.507. The highest BCUT2D eigenvalue weighted by molar-refractivity contribution is 9.10. The van der Waals surface area contributed by atoms with Crippen LogP contribution in [0, 0.1) is 0 Å². The summed E-state index contributed by atoms with van der Waals surface area (Å²) >= 11 is 4.66. The summed E-state index contributed by atoms with van der Waals surface area (Å²) in [6, 6.07) is 0. The van der Waals surface area contributed by atoms with Crippen molar-refractivity contribution in [3.05, 3.63) is 10.8 Å². The SMILES string of the molecule is Cn1nnnc1Sc1ncnc(NN)c1Br. The smallest absolute Gasteiger partial charge is 0.215 e. The number of halogens is 1. The molecule has 10 heteroatoms. The van der Waals surface area contributed by atoms with Crippen LogP contribution in [0.1, 0.15) is 0 Å². The van der Waals surface area contributed by atoms with E-state index in [9.17, 15) is 0 Å². The Balaban J connectivity index is 2.32. The Morgan fingerprint density at radius 3 is 2.94 bits per heavy atom. The molecule has 0 saturated carbocycles. The normalized spacial score (nSPS) is 10.4. The highest BCUT2D eigenvalue weighted by Crippen LogP contribution is 2.32. The standard InChI is InChI=1S/C6H7BrN8S/c1-15-6(12-13-14-15)16-5-3(7)4(11-8)9-2-10-5/h2H,8H2,1H3,(H,9,10,11). The number of nitrogens with one attached hydrogen (secondary N) is 1. The molecule has 0 radical (unpaired) electrons. The van der Waals surface area contributed by atoms with Gasteiger partial charge in [-0.15, -0.1) is 5.10 Å². The van der Waals surface area contributed by atoms with Crippen LogP contribution in [-0.2, 0) is 7.05 Å². The molecule has 0 spiro atoms. The molecule has 0 aliphatic carbocycles. The number of rotatable bonds is 3. The topological polar surface area (TPSA) is 107 Å². The Hall–Kier alpha value is -1.26. The van der Waals surface area contributed by atoms with E-state index in [1.165, 1.54) is 18.1 Å². The van der Waals surface area contributed by atoms with Gasteiger partial charge in [0.25, 0.3) is 0 Å². The summed E-state index contributed by atoms with van der Waals surface area (Å²) in [5.41, 5.74) is 2.46. The number of anilines is 1. The lowest BCUT2D eigenvalue weighted by Crippen LogP contribution is -2.09. The number of hydrazine groups is 1. The average molecular weight is 303 g/mol. The lowest BCUT2D eigenvalue weighted by Gasteiger charge is -2.05. The van der Waals surface area contributed by atoms with Gasteiger partial charge in [-0.25, -0.2) is 20.5 Å². The van der Waals surface area contributed by atoms with E-state index in [2.05, 4.69) is 46.8 Å². The summed E-state index contributed by atoms with van der Waals surface area (Å²) in [6.45, 7) is 0. The number of aryl methyl sites for hydroxylation is 1. The molecule has 0 aliphatic rings. The first-order valence-electron chi connectivity index (χ1n) is 4.09. The van der Waals surface area contributed by atoms with Gasteiger partial charge in [0.15, 0.2) is 5.82 Å². The van der Waals surface area contributed by atoms with Gasteiger partial charge in [0.2, 0.25) is 5.16 Å². The third-order valence-electron chi connectivity index (χ3n) is 1.66. The summed E-state index contributed by atoms with van der Waals surface area (Å²) in [6.07, 6.45) is 1.41. The molecule has 0 unspecified atom stereocenters. The lowest BCUT2D eigenvalue weighted by atomic mass is 10.6. The molecule has 2 aromatic heterocycles. The van der Waals surface area contributed by atoms with Crippen molar-refractivity contribution in [1.82, 2.24) is 30.2 Å². The predicted molar refractivity (Wildman–Crippen MR) is 60.5 cm³/mol. The van der Waals surface area contributed by atoms with Gasteiger partial charge >= 0.3 is 0 Å². The first kappa shape index (κ1) is 11.2. The van der Waals surface area contributed by atoms with Crippen molar-refractivity contribution >= 4 is 33.5 Å². The molecule has 0 bridgehead atoms. The van der Waals surface area contributed by atoms with Gasteiger partial charge in [-0.3, -0.25) is 0 Å². The van der Waals surface area contributed by atoms with Gasteiger partial charge in [0.1, 0.15) is 11.4 Å². The quantitative estimate of drug-likeness (QED) is 0.470. The molecule has 0 aliphatic heterocycles. The van der Waals surface area contributed by atoms with Crippen LogP contribution in [0.5, 0.6) is 0 Å². The first-order chi connectivity index (χ1) is 7.72. The van der Waals surface area contributed by atoms with Crippen molar-refractivity contribution in [2.75, 3.05) is 5.43 Å². The maximum Gasteiger partial charge on any atom is 0.215 e. The van der Waals surface area contributed by atoms with E-state index >= 15 is 0 Å². The molecule has 16 heavy (non-hydrogen) atoms. The van der Waals surface area contributed by atoms with Crippen LogP contribution in [-0.4, -0.2) is 30.2 Å². The van der Waals surface area contributed by atoms with Crippen LogP contribution in [0.4, 0.5) is 5.82 Å². The Bertz CT molecular complexity index is 499. The second-order valence-corrected chi connectivity index (χ2v) is 4.42. The van der Waals surface area contributed by atoms with Crippen LogP contribution in [0.15, 0.2) is 21.0 Å². The Morgan fingerprint density at radius 2 is 2.31 bits per heavy atom. The van der Waals surface area contributed by atoms with Gasteiger partial charge < -0.3 is 5.43 Å². The van der Waals surface area contributed by atoms with Gasteiger partial charge in [0, 0.05) is 7.05 Å². The number of tetrazole rings is 1. The molecule has 0 aromatic carbocycles. The third-order valence-corrected chi connectivity index (χ3v) is 3.71. The van der Waals surface area contributed by atoms with Crippen LogP contribution >= 0.6 is 27.7 Å². The van der Waals surface area contributed by atoms with E-state index in [0.29, 0.717) is 20.5 Å². The molecule has 2 heterocycles. The molecule has 84 valence electrons. The predicted octanol–water partition coefficient (Wildman–Crippen LogP) is 0.199. The van der Waals surface area contributed by atoms with Crippen molar-refractivity contribution in [3.8, 4) is 0 Å². The minimum atomic E-state index is 0.507. The van der Waals surface area contributed by atoms with Crippen LogP contribution < -0.4 is 11.3 Å². The molecule has 0 amide bonds. The average Bonchev–Trinajstić information content (AvgIpc) is 2.68. The molecular weight excluding hydrogens is 296 g/mol. The molecule has 8 nitrogen and oxygen atoms in total. The first-order valence-corrected chi connectivity index (χ1v) is 5.70. The van der Waals surface area contributed by atoms with E-state index in [0.717, 1.165) is 0 Å². The second-order valence-electron chi connectivity index (χ2n) is 2.67. The molecule has 0 saturated heterocycles. The number of nitrogens with zero attached hydrogens (tertiary/aromatic N) is 6. The maximum atomic E-state index is 5.30. The van der Waals surface area contributed by atoms with E-state index < -0.39 is 0 Å². The van der Waals surface area contributed by atoms with Crippen LogP contribution in [0.2, 0.25) is 0 Å². The summed E-state index contributed by atoms with van der Waals surface area (Å²) in [5.74, 6) is 5.80. The Morgan fingerprint density at radius 1 is 1.50 bits per heavy atom. The summed E-state index contributed by atoms with van der Waals surface area (Å²) < 4.78 is 2.22. The highest BCUT2D eigenvalue weighted by atomic mass is 79.9. The zero-order valence-corrected chi connectivity index (χ0v) is 10.5. The number of hydrogen-bond acceptors (Lipinski definition) is 8. The van der Waals surface area contributed by atoms with Gasteiger partial charge in [0.05, 0.1) is 4.47 Å². The van der Waals surface area contributed by atoms with Gasteiger partial charge in [-0.05, 0) is 38.1 Å². The Labute approximate surface area is 103 Å². The van der Waals surface area contributed by atoms with Crippen molar-refractivity contribution in [3.63, 3.8) is 0 Å². The van der Waals surface area contributed by atoms with E-state index in [-0.39, 0.29) is 0 Å². The van der Waals surface area contributed by atoms with Crippen molar-refractivity contribution in [2.24, 2.45) is 12.9 Å². The van der Waals surface area contributed by atoms with E-state index in [1.54, 1.807) is 11.7 Å². The number of nitrogen functional groups attached to an aromatic ring is 1. The van der Waals surface area contributed by atoms with E-state index in [4.69, 9.17) is 5.84 Å². The van der Waals surface area contributed by atoms with Crippen LogP contribution in [0.3, 0.4) is 0 Å². The largest absolute Gasteiger partial charge is 0.307 e. The molecule has 2 aromatic rings. The van der Waals surface area contributed by atoms with Crippen molar-refractivity contribution < 1.29 is 0 Å². The zero-order valence-electron chi connectivity index (χ0n) is 8.12. The van der Waals surface area contributed by atoms with E-state index in [1.807, 2.05) is 0 Å². The fraction of sp³-hybridized carbons (Fsp3) is 0.167. The molecular formula is C6H7BrN8S. The van der Waals surface area contributed by atoms with Crippen LogP contribution in [0.25, 0.3) is 0 Å². The zero-order chi connectivity index (χ0) is 11.5. The molecule has 0 atom stereocenters. The van der Waals surface area contributed by atoms with Gasteiger partial charge in [-0.2, -0.15) is 0 Å². The highest BCUT2D eigenvalue weighted by Gasteiger charge is 2.12. The monoisotopic (exact) mass is 302 g/mol. The molecule has 2 rings (SSSR count). The second kappa shape index (κ2) is 4.72. The number of aromatic nitrogens is 6. The summed E-state index contributed by atoms with van der Waals surface area (Å²) in [5, 5.41) is 12.4. The lowest BCUT2D eigenvalue weighted by molar-refractivity contribution is 0.664. The fourth-order valence-corrected chi connectivity index (χ4v) is 2.19. The summed E-state index contributed by atoms with van der Waals surface area (Å²) in [7, 11) is 1.75. The third kappa shape index (κ3) is 2.13. The Kier molecular flexibility index (Phi) is 3.31. The molecule has 0 fully saturated rings. The summed E-state index contributed by atoms with van der Waals surface area (Å²) in [4.78, 5) is 8.05. The molecule has 3 N–H and O–H groups in total. The number of hydrogen-bond donors (Lipinski definition) is 2. The number of nitrogens with two attached hydrogens (primary N) is 1. The minimum Gasteiger partial charge on any atom is -0.307 e. The van der Waals surface area contributed by atoms with Crippen molar-refractivity contribution in [2.45, 2.75) is 10.2 Å². The van der Waals surface area contributed by atoms with Gasteiger partial charge in [-0.1, -0.05) is 0 Å². The fourth-order valence-electron chi connectivity index (χ4n) is 0.920. The maximum absolute atomic E-state index is 5.30.